The minimum Gasteiger partial charge on any atom is -0.479 e. The summed E-state index contributed by atoms with van der Waals surface area (Å²) in [6, 6.07) is 5.93. The van der Waals surface area contributed by atoms with Gasteiger partial charge in [0.2, 0.25) is 9.84 Å². The third-order valence-electron chi connectivity index (χ3n) is 4.18. The van der Waals surface area contributed by atoms with Crippen molar-refractivity contribution in [2.45, 2.75) is 22.9 Å². The molecule has 0 aliphatic rings. The van der Waals surface area contributed by atoms with Crippen molar-refractivity contribution in [2.24, 2.45) is 0 Å². The van der Waals surface area contributed by atoms with E-state index in [1.54, 1.807) is 0 Å². The first-order valence-electron chi connectivity index (χ1n) is 8.08. The van der Waals surface area contributed by atoms with E-state index in [0.29, 0.717) is 12.1 Å². The van der Waals surface area contributed by atoms with Crippen molar-refractivity contribution in [3.05, 3.63) is 62.7 Å². The van der Waals surface area contributed by atoms with Crippen molar-refractivity contribution in [3.8, 4) is 11.6 Å². The molecule has 2 aromatic carbocycles. The maximum absolute atomic E-state index is 13.2. The Morgan fingerprint density at radius 1 is 1.03 bits per heavy atom. The first kappa shape index (κ1) is 22.7. The topological polar surface area (TPSA) is 61.2 Å². The summed E-state index contributed by atoms with van der Waals surface area (Å²) in [4.78, 5) is -0.684. The van der Waals surface area contributed by atoms with E-state index in [2.05, 4.69) is 5.10 Å². The minimum absolute atomic E-state index is 0.0953. The number of ether oxygens (including phenoxy) is 1. The summed E-state index contributed by atoms with van der Waals surface area (Å²) in [5.41, 5.74) is -0.703. The van der Waals surface area contributed by atoms with E-state index in [4.69, 9.17) is 39.5 Å². The van der Waals surface area contributed by atoms with Crippen LogP contribution in [0.25, 0.3) is 5.69 Å². The summed E-state index contributed by atoms with van der Waals surface area (Å²) in [6.45, 7) is 1.44. The van der Waals surface area contributed by atoms with Crippen molar-refractivity contribution in [1.29, 1.82) is 0 Å². The van der Waals surface area contributed by atoms with E-state index in [9.17, 15) is 21.6 Å². The molecule has 3 aromatic rings. The smallest absolute Gasteiger partial charge is 0.416 e. The highest BCUT2D eigenvalue weighted by molar-refractivity contribution is 7.91. The van der Waals surface area contributed by atoms with Gasteiger partial charge in [0.05, 0.1) is 33.3 Å². The summed E-state index contributed by atoms with van der Waals surface area (Å²) >= 11 is 18.3. The predicted molar refractivity (Wildman–Crippen MR) is 107 cm³/mol. The number of benzene rings is 2. The Labute approximate surface area is 184 Å². The van der Waals surface area contributed by atoms with Crippen LogP contribution in [0.3, 0.4) is 0 Å². The Kier molecular flexibility index (Phi) is 6.03. The third kappa shape index (κ3) is 3.99. The quantitative estimate of drug-likeness (QED) is 0.442. The highest BCUT2D eigenvalue weighted by Gasteiger charge is 2.33. The molecule has 0 radical (unpaired) electrons. The molecule has 160 valence electrons. The van der Waals surface area contributed by atoms with Gasteiger partial charge in [0, 0.05) is 5.02 Å². The third-order valence-corrected chi connectivity index (χ3v) is 6.87. The van der Waals surface area contributed by atoms with E-state index in [1.165, 1.54) is 30.8 Å². The molecule has 0 fully saturated rings. The van der Waals surface area contributed by atoms with Gasteiger partial charge in [-0.1, -0.05) is 34.8 Å². The molecule has 0 aliphatic carbocycles. The van der Waals surface area contributed by atoms with Crippen LogP contribution in [0.4, 0.5) is 13.2 Å². The van der Waals surface area contributed by atoms with Crippen molar-refractivity contribution < 1.29 is 26.3 Å². The minimum atomic E-state index is -4.59. The van der Waals surface area contributed by atoms with Crippen LogP contribution in [0.15, 0.2) is 46.2 Å². The Morgan fingerprint density at radius 3 is 2.03 bits per heavy atom. The lowest BCUT2D eigenvalue weighted by Gasteiger charge is -2.11. The number of hydrogen-bond donors (Lipinski definition) is 0. The summed E-state index contributed by atoms with van der Waals surface area (Å²) < 4.78 is 71.0. The van der Waals surface area contributed by atoms with Crippen molar-refractivity contribution in [2.75, 3.05) is 7.11 Å². The van der Waals surface area contributed by atoms with E-state index < -0.39 is 21.6 Å². The Hall–Kier alpha value is -1.94. The molecule has 0 saturated heterocycles. The maximum Gasteiger partial charge on any atom is 0.416 e. The standard InChI is InChI=1S/C18H12Cl3F3N2O3S/c1-9-16(30(27,28)12-5-3-10(4-6-12)18(22,23)24)17(29-2)25-26(9)15-13(20)7-11(19)8-14(15)21/h3-8H,1-2H3. The molecule has 0 spiro atoms. The molecule has 0 saturated carbocycles. The lowest BCUT2D eigenvalue weighted by molar-refractivity contribution is -0.137. The second-order valence-electron chi connectivity index (χ2n) is 6.08. The lowest BCUT2D eigenvalue weighted by atomic mass is 10.2. The zero-order chi connectivity index (χ0) is 22.4. The highest BCUT2D eigenvalue weighted by atomic mass is 35.5. The van der Waals surface area contributed by atoms with Crippen LogP contribution in [0, 0.1) is 6.92 Å². The molecular formula is C18H12Cl3F3N2O3S. The molecule has 12 heteroatoms. The van der Waals surface area contributed by atoms with Gasteiger partial charge in [0.25, 0.3) is 5.88 Å². The van der Waals surface area contributed by atoms with E-state index in [1.807, 2.05) is 0 Å². The van der Waals surface area contributed by atoms with Gasteiger partial charge in [0.1, 0.15) is 5.69 Å². The van der Waals surface area contributed by atoms with E-state index in [0.717, 1.165) is 12.1 Å². The zero-order valence-corrected chi connectivity index (χ0v) is 18.3. The molecule has 0 unspecified atom stereocenters. The van der Waals surface area contributed by atoms with Crippen LogP contribution < -0.4 is 4.74 Å². The second-order valence-corrected chi connectivity index (χ2v) is 9.22. The Morgan fingerprint density at radius 2 is 1.57 bits per heavy atom. The molecule has 1 heterocycles. The first-order valence-corrected chi connectivity index (χ1v) is 10.7. The van der Waals surface area contributed by atoms with E-state index >= 15 is 0 Å². The van der Waals surface area contributed by atoms with Crippen molar-refractivity contribution >= 4 is 44.6 Å². The average molecular weight is 500 g/mol. The number of aromatic nitrogens is 2. The molecule has 0 bridgehead atoms. The largest absolute Gasteiger partial charge is 0.479 e. The zero-order valence-electron chi connectivity index (χ0n) is 15.3. The fraction of sp³-hybridized carbons (Fsp3) is 0.167. The summed E-state index contributed by atoms with van der Waals surface area (Å²) in [7, 11) is -3.07. The summed E-state index contributed by atoms with van der Waals surface area (Å²) in [5.74, 6) is -0.269. The van der Waals surface area contributed by atoms with Gasteiger partial charge in [-0.2, -0.15) is 13.2 Å². The van der Waals surface area contributed by atoms with Gasteiger partial charge < -0.3 is 4.74 Å². The molecule has 0 amide bonds. The number of sulfone groups is 1. The van der Waals surface area contributed by atoms with Gasteiger partial charge in [-0.15, -0.1) is 5.10 Å². The number of hydrogen-bond acceptors (Lipinski definition) is 4. The molecule has 3 rings (SSSR count). The molecule has 0 atom stereocenters. The summed E-state index contributed by atoms with van der Waals surface area (Å²) in [5, 5.41) is 4.61. The fourth-order valence-corrected chi connectivity index (χ4v) is 5.34. The Bertz CT molecular complexity index is 1200. The van der Waals surface area contributed by atoms with Crippen molar-refractivity contribution in [1.82, 2.24) is 9.78 Å². The van der Waals surface area contributed by atoms with Gasteiger partial charge in [0.15, 0.2) is 4.90 Å². The Balaban J connectivity index is 2.20. The highest BCUT2D eigenvalue weighted by Crippen LogP contribution is 2.38. The maximum atomic E-state index is 13.2. The second kappa shape index (κ2) is 7.96. The van der Waals surface area contributed by atoms with Crippen LogP contribution in [0.5, 0.6) is 5.88 Å². The number of alkyl halides is 3. The predicted octanol–water partition coefficient (Wildman–Crippen LogP) is 6.00. The molecule has 5 nitrogen and oxygen atoms in total. The van der Waals surface area contributed by atoms with E-state index in [-0.39, 0.29) is 42.1 Å². The molecule has 0 N–H and O–H groups in total. The van der Waals surface area contributed by atoms with Gasteiger partial charge >= 0.3 is 6.18 Å². The molecule has 0 aliphatic heterocycles. The monoisotopic (exact) mass is 498 g/mol. The number of rotatable bonds is 4. The van der Waals surface area contributed by atoms with Gasteiger partial charge in [-0.3, -0.25) is 0 Å². The SMILES string of the molecule is COc1nn(-c2c(Cl)cc(Cl)cc2Cl)c(C)c1S(=O)(=O)c1ccc(C(F)(F)F)cc1. The lowest BCUT2D eigenvalue weighted by Crippen LogP contribution is -2.08. The van der Waals surface area contributed by atoms with Crippen LogP contribution in [0.2, 0.25) is 15.1 Å². The summed E-state index contributed by atoms with van der Waals surface area (Å²) in [6.07, 6.45) is -4.59. The first-order chi connectivity index (χ1) is 13.9. The average Bonchev–Trinajstić information content (AvgIpc) is 2.97. The molecule has 1 aromatic heterocycles. The number of halogens is 6. The molecule has 30 heavy (non-hydrogen) atoms. The van der Waals surface area contributed by atoms with Crippen LogP contribution in [-0.2, 0) is 16.0 Å². The van der Waals surface area contributed by atoms with Crippen molar-refractivity contribution in [3.63, 3.8) is 0 Å². The van der Waals surface area contributed by atoms with Gasteiger partial charge in [-0.25, -0.2) is 13.1 Å². The fourth-order valence-electron chi connectivity index (χ4n) is 2.80. The van der Waals surface area contributed by atoms with Crippen LogP contribution in [-0.4, -0.2) is 25.3 Å². The number of nitrogens with zero attached hydrogens (tertiary/aromatic N) is 2. The van der Waals surface area contributed by atoms with Crippen LogP contribution >= 0.6 is 34.8 Å². The number of methoxy groups -OCH3 is 1. The van der Waals surface area contributed by atoms with Gasteiger partial charge in [-0.05, 0) is 43.3 Å². The molecular weight excluding hydrogens is 488 g/mol. The van der Waals surface area contributed by atoms with Crippen LogP contribution in [0.1, 0.15) is 11.3 Å². The normalized spacial score (nSPS) is 12.3.